The van der Waals surface area contributed by atoms with Gasteiger partial charge in [0, 0.05) is 25.4 Å². The third kappa shape index (κ3) is 3.62. The van der Waals surface area contributed by atoms with Gasteiger partial charge in [-0.15, -0.1) is 22.7 Å². The van der Waals surface area contributed by atoms with E-state index in [0.29, 0.717) is 6.04 Å². The number of hydrogen-bond acceptors (Lipinski definition) is 3. The summed E-state index contributed by atoms with van der Waals surface area (Å²) in [5.41, 5.74) is 1.19. The largest absolute Gasteiger partial charge is 0.377 e. The Morgan fingerprint density at radius 3 is 2.55 bits per heavy atom. The van der Waals surface area contributed by atoms with Crippen molar-refractivity contribution in [3.8, 4) is 0 Å². The van der Waals surface area contributed by atoms with Crippen LogP contribution < -0.4 is 5.32 Å². The molecule has 0 amide bonds. The van der Waals surface area contributed by atoms with Crippen molar-refractivity contribution in [1.82, 2.24) is 0 Å². The lowest BCUT2D eigenvalue weighted by Gasteiger charge is -2.18. The van der Waals surface area contributed by atoms with Crippen LogP contribution in [0.4, 0.5) is 5.69 Å². The highest BCUT2D eigenvalue weighted by atomic mass is 127. The maximum absolute atomic E-state index is 3.67. The second-order valence-corrected chi connectivity index (χ2v) is 7.76. The van der Waals surface area contributed by atoms with Crippen LogP contribution in [0.2, 0.25) is 0 Å². The molecular weight excluding hydrogens is 397 g/mol. The van der Waals surface area contributed by atoms with Crippen LogP contribution in [0.3, 0.4) is 0 Å². The van der Waals surface area contributed by atoms with Crippen molar-refractivity contribution < 1.29 is 0 Å². The highest BCUT2D eigenvalue weighted by Gasteiger charge is 2.14. The molecule has 0 saturated carbocycles. The molecule has 0 spiro atoms. The summed E-state index contributed by atoms with van der Waals surface area (Å²) >= 11 is 5.99. The molecule has 20 heavy (non-hydrogen) atoms. The third-order valence-electron chi connectivity index (χ3n) is 3.04. The molecule has 0 saturated heterocycles. The number of hydrogen-bond donors (Lipinski definition) is 1. The number of rotatable bonds is 5. The zero-order valence-electron chi connectivity index (χ0n) is 10.8. The first-order valence-corrected chi connectivity index (χ1v) is 9.23. The van der Waals surface area contributed by atoms with E-state index in [1.807, 2.05) is 22.7 Å². The van der Waals surface area contributed by atoms with Gasteiger partial charge in [-0.3, -0.25) is 0 Å². The van der Waals surface area contributed by atoms with Gasteiger partial charge in [0.25, 0.3) is 0 Å². The van der Waals surface area contributed by atoms with Gasteiger partial charge >= 0.3 is 0 Å². The van der Waals surface area contributed by atoms with Crippen molar-refractivity contribution in [3.63, 3.8) is 0 Å². The second-order valence-electron chi connectivity index (χ2n) is 4.51. The molecule has 3 aromatic rings. The molecule has 2 heterocycles. The van der Waals surface area contributed by atoms with Crippen molar-refractivity contribution in [1.29, 1.82) is 0 Å². The average molecular weight is 411 g/mol. The standard InChI is InChI=1S/C16H14INS2/c17-12-4-1-5-13(10-12)18-15(16-7-3-9-20-16)11-14-6-2-8-19-14/h1-10,15,18H,11H2. The SMILES string of the molecule is Ic1cccc(NC(Cc2cccs2)c2cccs2)c1. The Hall–Kier alpha value is -0.850. The summed E-state index contributed by atoms with van der Waals surface area (Å²) in [4.78, 5) is 2.80. The van der Waals surface area contributed by atoms with E-state index in [4.69, 9.17) is 0 Å². The smallest absolute Gasteiger partial charge is 0.0654 e. The first kappa shape index (κ1) is 14.1. The maximum atomic E-state index is 3.67. The lowest BCUT2D eigenvalue weighted by molar-refractivity contribution is 0.802. The van der Waals surface area contributed by atoms with E-state index >= 15 is 0 Å². The Bertz CT molecular complexity index is 647. The molecule has 0 bridgehead atoms. The van der Waals surface area contributed by atoms with E-state index in [1.54, 1.807) is 0 Å². The van der Waals surface area contributed by atoms with Crippen LogP contribution in [0.5, 0.6) is 0 Å². The van der Waals surface area contributed by atoms with Crippen LogP contribution in [0.25, 0.3) is 0 Å². The fraction of sp³-hybridized carbons (Fsp3) is 0.125. The summed E-state index contributed by atoms with van der Waals surface area (Å²) in [6.45, 7) is 0. The zero-order chi connectivity index (χ0) is 13.8. The summed E-state index contributed by atoms with van der Waals surface area (Å²) in [6, 6.07) is 17.5. The first-order chi connectivity index (χ1) is 9.81. The number of benzene rings is 1. The van der Waals surface area contributed by atoms with Gasteiger partial charge in [0.1, 0.15) is 0 Å². The molecule has 4 heteroatoms. The van der Waals surface area contributed by atoms with E-state index in [1.165, 1.54) is 19.0 Å². The van der Waals surface area contributed by atoms with Gasteiger partial charge in [-0.05, 0) is 63.7 Å². The molecule has 1 atom stereocenters. The molecule has 2 aromatic heterocycles. The number of anilines is 1. The van der Waals surface area contributed by atoms with Gasteiger partial charge in [0.15, 0.2) is 0 Å². The quantitative estimate of drug-likeness (QED) is 0.523. The van der Waals surface area contributed by atoms with Crippen LogP contribution >= 0.6 is 45.3 Å². The monoisotopic (exact) mass is 411 g/mol. The van der Waals surface area contributed by atoms with E-state index < -0.39 is 0 Å². The van der Waals surface area contributed by atoms with Gasteiger partial charge in [0.2, 0.25) is 0 Å². The van der Waals surface area contributed by atoms with Gasteiger partial charge in [-0.2, -0.15) is 0 Å². The topological polar surface area (TPSA) is 12.0 Å². The summed E-state index contributed by atoms with van der Waals surface area (Å²) in [6.07, 6.45) is 1.03. The molecule has 0 aliphatic heterocycles. The molecule has 102 valence electrons. The van der Waals surface area contributed by atoms with Gasteiger partial charge in [-0.25, -0.2) is 0 Å². The molecule has 1 aromatic carbocycles. The zero-order valence-corrected chi connectivity index (χ0v) is 14.5. The van der Waals surface area contributed by atoms with Crippen LogP contribution in [0, 0.1) is 3.57 Å². The van der Waals surface area contributed by atoms with Crippen molar-refractivity contribution >= 4 is 51.0 Å². The lowest BCUT2D eigenvalue weighted by Crippen LogP contribution is -2.11. The van der Waals surface area contributed by atoms with E-state index in [0.717, 1.165) is 6.42 Å². The molecular formula is C16H14INS2. The van der Waals surface area contributed by atoms with Crippen molar-refractivity contribution in [2.24, 2.45) is 0 Å². The predicted octanol–water partition coefficient (Wildman–Crippen LogP) is 5.81. The third-order valence-corrected chi connectivity index (χ3v) is 5.59. The number of thiophene rings is 2. The molecule has 0 aliphatic carbocycles. The fourth-order valence-electron chi connectivity index (χ4n) is 2.12. The molecule has 1 N–H and O–H groups in total. The maximum Gasteiger partial charge on any atom is 0.0654 e. The predicted molar refractivity (Wildman–Crippen MR) is 97.9 cm³/mol. The summed E-state index contributed by atoms with van der Waals surface area (Å²) in [5, 5.41) is 7.96. The number of halogens is 1. The average Bonchev–Trinajstić information content (AvgIpc) is 3.11. The van der Waals surface area contributed by atoms with Crippen molar-refractivity contribution in [2.45, 2.75) is 12.5 Å². The highest BCUT2D eigenvalue weighted by molar-refractivity contribution is 14.1. The number of nitrogens with one attached hydrogen (secondary N) is 1. The summed E-state index contributed by atoms with van der Waals surface area (Å²) in [7, 11) is 0. The van der Waals surface area contributed by atoms with Crippen LogP contribution in [-0.4, -0.2) is 0 Å². The Balaban J connectivity index is 1.82. The van der Waals surface area contributed by atoms with Crippen LogP contribution in [0.1, 0.15) is 15.8 Å². The molecule has 1 nitrogen and oxygen atoms in total. The fourth-order valence-corrected chi connectivity index (χ4v) is 4.19. The lowest BCUT2D eigenvalue weighted by atomic mass is 10.1. The van der Waals surface area contributed by atoms with Crippen LogP contribution in [-0.2, 0) is 6.42 Å². The molecule has 0 radical (unpaired) electrons. The summed E-state index contributed by atoms with van der Waals surface area (Å²) < 4.78 is 1.26. The minimum absolute atomic E-state index is 0.340. The van der Waals surface area contributed by atoms with Gasteiger partial charge in [-0.1, -0.05) is 18.2 Å². The normalized spacial score (nSPS) is 12.2. The molecule has 0 fully saturated rings. The first-order valence-electron chi connectivity index (χ1n) is 6.39. The van der Waals surface area contributed by atoms with E-state index in [-0.39, 0.29) is 0 Å². The second kappa shape index (κ2) is 6.74. The Morgan fingerprint density at radius 2 is 1.85 bits per heavy atom. The van der Waals surface area contributed by atoms with Gasteiger partial charge < -0.3 is 5.32 Å². The molecule has 1 unspecified atom stereocenters. The van der Waals surface area contributed by atoms with Crippen molar-refractivity contribution in [2.75, 3.05) is 5.32 Å². The van der Waals surface area contributed by atoms with Gasteiger partial charge in [0.05, 0.1) is 6.04 Å². The van der Waals surface area contributed by atoms with E-state index in [9.17, 15) is 0 Å². The van der Waals surface area contributed by atoms with E-state index in [2.05, 4.69) is 87.2 Å². The van der Waals surface area contributed by atoms with Crippen LogP contribution in [0.15, 0.2) is 59.3 Å². The minimum Gasteiger partial charge on any atom is -0.377 e. The summed E-state index contributed by atoms with van der Waals surface area (Å²) in [5.74, 6) is 0. The Labute approximate surface area is 140 Å². The molecule has 3 rings (SSSR count). The highest BCUT2D eigenvalue weighted by Crippen LogP contribution is 2.28. The Kier molecular flexibility index (Phi) is 4.75. The Morgan fingerprint density at radius 1 is 1.00 bits per heavy atom. The minimum atomic E-state index is 0.340. The van der Waals surface area contributed by atoms with Crippen molar-refractivity contribution in [3.05, 3.63) is 72.6 Å². The molecule has 0 aliphatic rings.